The molecule has 1 aliphatic heterocycles. The highest BCUT2D eigenvalue weighted by molar-refractivity contribution is 7.89. The first-order valence-corrected chi connectivity index (χ1v) is 11.4. The van der Waals surface area contributed by atoms with Gasteiger partial charge in [-0.15, -0.1) is 0 Å². The molecule has 0 bridgehead atoms. The molecule has 2 rings (SSSR count). The molecule has 0 aliphatic carbocycles. The van der Waals surface area contributed by atoms with Gasteiger partial charge in [-0.25, -0.2) is 8.42 Å². The number of amides is 1. The second kappa shape index (κ2) is 8.74. The standard InChI is InChI=1S/C21H34N2O3S/c1-7-19(8-2)22(6)21(24)18-9-11-23(12-10-18)27(25,26)20-16(4)13-15(3)14-17(20)5/h13-14,18-19H,7-12H2,1-6H3. The van der Waals surface area contributed by atoms with Crippen LogP contribution in [0.1, 0.15) is 56.2 Å². The van der Waals surface area contributed by atoms with Gasteiger partial charge in [-0.1, -0.05) is 31.5 Å². The van der Waals surface area contributed by atoms with Crippen LogP contribution < -0.4 is 0 Å². The number of hydrogen-bond acceptors (Lipinski definition) is 3. The summed E-state index contributed by atoms with van der Waals surface area (Å²) in [5.41, 5.74) is 2.65. The zero-order chi connectivity index (χ0) is 20.4. The Morgan fingerprint density at radius 1 is 1.11 bits per heavy atom. The molecule has 1 heterocycles. The van der Waals surface area contributed by atoms with E-state index >= 15 is 0 Å². The highest BCUT2D eigenvalue weighted by Gasteiger charge is 2.35. The Bertz CT molecular complexity index is 754. The van der Waals surface area contributed by atoms with Crippen LogP contribution in [-0.4, -0.2) is 49.7 Å². The average molecular weight is 395 g/mol. The van der Waals surface area contributed by atoms with Crippen molar-refractivity contribution >= 4 is 15.9 Å². The Morgan fingerprint density at radius 2 is 1.59 bits per heavy atom. The fourth-order valence-corrected chi connectivity index (χ4v) is 6.23. The van der Waals surface area contributed by atoms with Crippen molar-refractivity contribution in [3.8, 4) is 0 Å². The number of piperidine rings is 1. The van der Waals surface area contributed by atoms with E-state index in [2.05, 4.69) is 13.8 Å². The Morgan fingerprint density at radius 3 is 2.04 bits per heavy atom. The quantitative estimate of drug-likeness (QED) is 0.740. The minimum atomic E-state index is -3.53. The summed E-state index contributed by atoms with van der Waals surface area (Å²) in [6, 6.07) is 4.10. The maximum Gasteiger partial charge on any atom is 0.243 e. The Kier molecular flexibility index (Phi) is 7.09. The van der Waals surface area contributed by atoms with Crippen molar-refractivity contribution in [1.29, 1.82) is 0 Å². The van der Waals surface area contributed by atoms with Gasteiger partial charge in [0.15, 0.2) is 0 Å². The van der Waals surface area contributed by atoms with E-state index in [-0.39, 0.29) is 17.9 Å². The van der Waals surface area contributed by atoms with Gasteiger partial charge in [0.05, 0.1) is 4.90 Å². The maximum atomic E-state index is 13.2. The van der Waals surface area contributed by atoms with Crippen LogP contribution in [0.2, 0.25) is 0 Å². The number of aryl methyl sites for hydroxylation is 3. The third kappa shape index (κ3) is 4.54. The van der Waals surface area contributed by atoms with Gasteiger partial charge in [0, 0.05) is 32.1 Å². The topological polar surface area (TPSA) is 57.7 Å². The predicted molar refractivity (Wildman–Crippen MR) is 109 cm³/mol. The Balaban J connectivity index is 2.12. The van der Waals surface area contributed by atoms with Gasteiger partial charge < -0.3 is 4.90 Å². The smallest absolute Gasteiger partial charge is 0.243 e. The lowest BCUT2D eigenvalue weighted by Crippen LogP contribution is -2.46. The maximum absolute atomic E-state index is 13.2. The molecule has 1 saturated heterocycles. The molecule has 0 radical (unpaired) electrons. The molecule has 0 saturated carbocycles. The number of rotatable bonds is 6. The highest BCUT2D eigenvalue weighted by atomic mass is 32.2. The van der Waals surface area contributed by atoms with Crippen molar-refractivity contribution in [3.05, 3.63) is 28.8 Å². The molecule has 0 N–H and O–H groups in total. The summed E-state index contributed by atoms with van der Waals surface area (Å²) in [4.78, 5) is 15.1. The fourth-order valence-electron chi connectivity index (χ4n) is 4.35. The van der Waals surface area contributed by atoms with E-state index in [4.69, 9.17) is 0 Å². The molecule has 1 aliphatic rings. The molecule has 5 nitrogen and oxygen atoms in total. The number of hydrogen-bond donors (Lipinski definition) is 0. The summed E-state index contributed by atoms with van der Waals surface area (Å²) < 4.78 is 27.9. The van der Waals surface area contributed by atoms with E-state index in [1.165, 1.54) is 0 Å². The van der Waals surface area contributed by atoms with E-state index in [0.717, 1.165) is 29.5 Å². The van der Waals surface area contributed by atoms with E-state index in [1.54, 1.807) is 4.31 Å². The largest absolute Gasteiger partial charge is 0.343 e. The molecule has 0 aromatic heterocycles. The van der Waals surface area contributed by atoms with Crippen LogP contribution in [0.3, 0.4) is 0 Å². The third-order valence-corrected chi connectivity index (χ3v) is 8.05. The lowest BCUT2D eigenvalue weighted by molar-refractivity contribution is -0.137. The minimum Gasteiger partial charge on any atom is -0.343 e. The minimum absolute atomic E-state index is 0.0812. The summed E-state index contributed by atoms with van der Waals surface area (Å²) >= 11 is 0. The van der Waals surface area contributed by atoms with Gasteiger partial charge in [0.2, 0.25) is 15.9 Å². The number of nitrogens with zero attached hydrogens (tertiary/aromatic N) is 2. The molecule has 1 fully saturated rings. The summed E-state index contributed by atoms with van der Waals surface area (Å²) in [5.74, 6) is 0.0747. The van der Waals surface area contributed by atoms with Gasteiger partial charge in [-0.2, -0.15) is 4.31 Å². The van der Waals surface area contributed by atoms with Gasteiger partial charge >= 0.3 is 0 Å². The first-order chi connectivity index (χ1) is 12.6. The van der Waals surface area contributed by atoms with Crippen LogP contribution in [0.15, 0.2) is 17.0 Å². The van der Waals surface area contributed by atoms with Crippen molar-refractivity contribution in [2.24, 2.45) is 5.92 Å². The van der Waals surface area contributed by atoms with Crippen molar-refractivity contribution in [3.63, 3.8) is 0 Å². The lowest BCUT2D eigenvalue weighted by atomic mass is 9.95. The normalized spacial score (nSPS) is 16.7. The van der Waals surface area contributed by atoms with Crippen molar-refractivity contribution < 1.29 is 13.2 Å². The fraction of sp³-hybridized carbons (Fsp3) is 0.667. The number of carbonyl (C=O) groups excluding carboxylic acids is 1. The molecule has 0 spiro atoms. The Hall–Kier alpha value is -1.40. The third-order valence-electron chi connectivity index (χ3n) is 5.84. The van der Waals surface area contributed by atoms with Gasteiger partial charge in [-0.05, 0) is 57.6 Å². The number of carbonyl (C=O) groups is 1. The van der Waals surface area contributed by atoms with Crippen molar-refractivity contribution in [2.45, 2.75) is 71.2 Å². The summed E-state index contributed by atoms with van der Waals surface area (Å²) in [5, 5.41) is 0. The molecular weight excluding hydrogens is 360 g/mol. The zero-order valence-electron chi connectivity index (χ0n) is 17.6. The van der Waals surface area contributed by atoms with Gasteiger partial charge in [-0.3, -0.25) is 4.79 Å². The first kappa shape index (κ1) is 21.9. The second-order valence-corrected chi connectivity index (χ2v) is 9.70. The summed E-state index contributed by atoms with van der Waals surface area (Å²) in [6.45, 7) is 10.7. The highest BCUT2D eigenvalue weighted by Crippen LogP contribution is 2.29. The van der Waals surface area contributed by atoms with Crippen molar-refractivity contribution in [2.75, 3.05) is 20.1 Å². The zero-order valence-corrected chi connectivity index (χ0v) is 18.4. The molecule has 27 heavy (non-hydrogen) atoms. The molecule has 0 atom stereocenters. The summed E-state index contributed by atoms with van der Waals surface area (Å²) in [6.07, 6.45) is 3.06. The average Bonchev–Trinajstić information content (AvgIpc) is 2.61. The monoisotopic (exact) mass is 394 g/mol. The lowest BCUT2D eigenvalue weighted by Gasteiger charge is -2.35. The van der Waals surface area contributed by atoms with E-state index in [1.807, 2.05) is 44.9 Å². The molecule has 6 heteroatoms. The predicted octanol–water partition coefficient (Wildman–Crippen LogP) is 3.66. The molecule has 1 amide bonds. The first-order valence-electron chi connectivity index (χ1n) is 9.98. The van der Waals surface area contributed by atoms with Gasteiger partial charge in [0.25, 0.3) is 0 Å². The van der Waals surface area contributed by atoms with E-state index in [0.29, 0.717) is 30.8 Å². The van der Waals surface area contributed by atoms with Crippen LogP contribution >= 0.6 is 0 Å². The SMILES string of the molecule is CCC(CC)N(C)C(=O)C1CCN(S(=O)(=O)c2c(C)cc(C)cc2C)CC1. The molecule has 1 aromatic carbocycles. The molecule has 152 valence electrons. The molecule has 1 aromatic rings. The molecule has 0 unspecified atom stereocenters. The van der Waals surface area contributed by atoms with Crippen molar-refractivity contribution in [1.82, 2.24) is 9.21 Å². The second-order valence-electron chi connectivity index (χ2n) is 7.83. The van der Waals surface area contributed by atoms with Crippen LogP contribution in [0.5, 0.6) is 0 Å². The summed E-state index contributed by atoms with van der Waals surface area (Å²) in [7, 11) is -1.65. The van der Waals surface area contributed by atoms with Gasteiger partial charge in [0.1, 0.15) is 0 Å². The number of benzene rings is 1. The van der Waals surface area contributed by atoms with Crippen LogP contribution in [0.4, 0.5) is 0 Å². The van der Waals surface area contributed by atoms with Crippen LogP contribution in [-0.2, 0) is 14.8 Å². The number of sulfonamides is 1. The Labute approximate surface area is 164 Å². The van der Waals surface area contributed by atoms with E-state index in [9.17, 15) is 13.2 Å². The van der Waals surface area contributed by atoms with Crippen LogP contribution in [0, 0.1) is 26.7 Å². The van der Waals surface area contributed by atoms with Crippen LogP contribution in [0.25, 0.3) is 0 Å². The van der Waals surface area contributed by atoms with E-state index < -0.39 is 10.0 Å². The molecular formula is C21H34N2O3S.